The molecule has 0 heterocycles. The highest BCUT2D eigenvalue weighted by molar-refractivity contribution is 6.31. The van der Waals surface area contributed by atoms with E-state index in [9.17, 15) is 0 Å². The molecule has 0 aromatic heterocycles. The van der Waals surface area contributed by atoms with Crippen LogP contribution in [0.15, 0.2) is 48.5 Å². The Morgan fingerprint density at radius 2 is 1.48 bits per heavy atom. The van der Waals surface area contributed by atoms with Crippen LogP contribution in [-0.2, 0) is 13.2 Å². The zero-order valence-electron chi connectivity index (χ0n) is 14.9. The molecule has 0 unspecified atom stereocenters. The number of halogens is 1. The van der Waals surface area contributed by atoms with Gasteiger partial charge in [-0.15, -0.1) is 0 Å². The Morgan fingerprint density at radius 3 is 2.24 bits per heavy atom. The van der Waals surface area contributed by atoms with E-state index in [1.165, 1.54) is 50.5 Å². The number of benzene rings is 2. The molecule has 3 rings (SSSR count). The van der Waals surface area contributed by atoms with Crippen LogP contribution in [0.5, 0.6) is 5.75 Å². The van der Waals surface area contributed by atoms with Crippen LogP contribution in [0.4, 0.5) is 0 Å². The van der Waals surface area contributed by atoms with Crippen LogP contribution < -0.4 is 10.1 Å². The SMILES string of the molecule is Clc1ccccc1COc1ccccc1C[NH2+]C1CCCCCCC1. The van der Waals surface area contributed by atoms with Gasteiger partial charge in [0.2, 0.25) is 0 Å². The Hall–Kier alpha value is -1.51. The number of quaternary nitrogens is 1. The lowest BCUT2D eigenvalue weighted by atomic mass is 9.96. The molecule has 1 aliphatic carbocycles. The maximum Gasteiger partial charge on any atom is 0.128 e. The van der Waals surface area contributed by atoms with Crippen molar-refractivity contribution >= 4 is 11.6 Å². The second-order valence-corrected chi connectivity index (χ2v) is 7.44. The summed E-state index contributed by atoms with van der Waals surface area (Å²) in [6.45, 7) is 1.50. The average Bonchev–Trinajstić information content (AvgIpc) is 2.61. The van der Waals surface area contributed by atoms with Crippen LogP contribution in [-0.4, -0.2) is 6.04 Å². The number of para-hydroxylation sites is 1. The van der Waals surface area contributed by atoms with Gasteiger partial charge < -0.3 is 10.1 Å². The lowest BCUT2D eigenvalue weighted by molar-refractivity contribution is -0.706. The van der Waals surface area contributed by atoms with E-state index in [-0.39, 0.29) is 0 Å². The first-order valence-corrected chi connectivity index (χ1v) is 9.98. The predicted octanol–water partition coefficient (Wildman–Crippen LogP) is 5.10. The van der Waals surface area contributed by atoms with E-state index < -0.39 is 0 Å². The summed E-state index contributed by atoms with van der Waals surface area (Å²) in [5.41, 5.74) is 2.31. The first-order chi connectivity index (χ1) is 12.3. The highest BCUT2D eigenvalue weighted by Crippen LogP contribution is 2.22. The van der Waals surface area contributed by atoms with Crippen molar-refractivity contribution in [1.29, 1.82) is 0 Å². The fraction of sp³-hybridized carbons (Fsp3) is 0.455. The molecule has 2 aromatic carbocycles. The molecule has 1 saturated carbocycles. The van der Waals surface area contributed by atoms with Gasteiger partial charge in [0.05, 0.1) is 6.04 Å². The maximum atomic E-state index is 6.24. The van der Waals surface area contributed by atoms with Gasteiger partial charge in [0.25, 0.3) is 0 Å². The van der Waals surface area contributed by atoms with Crippen molar-refractivity contribution in [2.45, 2.75) is 64.1 Å². The van der Waals surface area contributed by atoms with Gasteiger partial charge in [-0.2, -0.15) is 0 Å². The maximum absolute atomic E-state index is 6.24. The number of ether oxygens (including phenoxy) is 1. The number of hydrogen-bond donors (Lipinski definition) is 1. The van der Waals surface area contributed by atoms with Crippen molar-refractivity contribution < 1.29 is 10.1 Å². The van der Waals surface area contributed by atoms with Gasteiger partial charge in [0, 0.05) is 16.1 Å². The molecule has 0 radical (unpaired) electrons. The third-order valence-corrected chi connectivity index (χ3v) is 5.50. The molecule has 2 aromatic rings. The zero-order chi connectivity index (χ0) is 17.3. The Labute approximate surface area is 156 Å². The van der Waals surface area contributed by atoms with E-state index in [1.807, 2.05) is 30.3 Å². The van der Waals surface area contributed by atoms with Crippen molar-refractivity contribution in [2.24, 2.45) is 0 Å². The van der Waals surface area contributed by atoms with Gasteiger partial charge in [-0.25, -0.2) is 0 Å². The summed E-state index contributed by atoms with van der Waals surface area (Å²) < 4.78 is 6.08. The number of rotatable bonds is 6. The van der Waals surface area contributed by atoms with Crippen molar-refractivity contribution in [1.82, 2.24) is 0 Å². The predicted molar refractivity (Wildman–Crippen MR) is 104 cm³/mol. The molecular formula is C22H29ClNO+. The van der Waals surface area contributed by atoms with Crippen molar-refractivity contribution in [3.63, 3.8) is 0 Å². The molecular weight excluding hydrogens is 330 g/mol. The second kappa shape index (κ2) is 9.84. The van der Waals surface area contributed by atoms with Crippen molar-refractivity contribution in [2.75, 3.05) is 0 Å². The minimum absolute atomic E-state index is 0.514. The highest BCUT2D eigenvalue weighted by atomic mass is 35.5. The third-order valence-electron chi connectivity index (χ3n) is 5.13. The van der Waals surface area contributed by atoms with Crippen LogP contribution in [0.3, 0.4) is 0 Å². The van der Waals surface area contributed by atoms with E-state index >= 15 is 0 Å². The quantitative estimate of drug-likeness (QED) is 0.764. The molecule has 0 saturated heterocycles. The number of nitrogens with two attached hydrogens (primary N) is 1. The lowest BCUT2D eigenvalue weighted by Crippen LogP contribution is -2.88. The molecule has 0 spiro atoms. The summed E-state index contributed by atoms with van der Waals surface area (Å²) in [6.07, 6.45) is 9.69. The van der Waals surface area contributed by atoms with Gasteiger partial charge in [-0.1, -0.05) is 61.2 Å². The molecule has 0 amide bonds. The first-order valence-electron chi connectivity index (χ1n) is 9.60. The van der Waals surface area contributed by atoms with Crippen LogP contribution in [0.2, 0.25) is 5.02 Å². The standard InChI is InChI=1S/C22H28ClNO/c23-21-14-8-6-11-19(21)17-25-22-15-9-7-10-18(22)16-24-20-12-4-2-1-3-5-13-20/h6-11,14-15,20,24H,1-5,12-13,16-17H2/p+1. The van der Waals surface area contributed by atoms with E-state index in [0.717, 1.165) is 28.9 Å². The molecule has 25 heavy (non-hydrogen) atoms. The Balaban J connectivity index is 1.57. The van der Waals surface area contributed by atoms with Crippen molar-refractivity contribution in [3.05, 3.63) is 64.7 Å². The van der Waals surface area contributed by atoms with Gasteiger partial charge in [-0.3, -0.25) is 0 Å². The molecule has 2 nitrogen and oxygen atoms in total. The summed E-state index contributed by atoms with van der Waals surface area (Å²) in [7, 11) is 0. The Bertz CT molecular complexity index is 650. The first kappa shape index (κ1) is 18.3. The van der Waals surface area contributed by atoms with Crippen LogP contribution in [0.1, 0.15) is 56.1 Å². The smallest absolute Gasteiger partial charge is 0.128 e. The summed E-state index contributed by atoms with van der Waals surface area (Å²) in [4.78, 5) is 0. The van der Waals surface area contributed by atoms with Gasteiger partial charge in [-0.05, 0) is 43.9 Å². The second-order valence-electron chi connectivity index (χ2n) is 7.03. The molecule has 3 heteroatoms. The van der Waals surface area contributed by atoms with E-state index in [0.29, 0.717) is 6.61 Å². The minimum Gasteiger partial charge on any atom is -0.488 e. The van der Waals surface area contributed by atoms with E-state index in [4.69, 9.17) is 16.3 Å². The fourth-order valence-electron chi connectivity index (χ4n) is 3.60. The highest BCUT2D eigenvalue weighted by Gasteiger charge is 2.15. The monoisotopic (exact) mass is 358 g/mol. The van der Waals surface area contributed by atoms with Gasteiger partial charge in [0.1, 0.15) is 18.9 Å². The summed E-state index contributed by atoms with van der Waals surface area (Å²) in [6, 6.07) is 17.0. The molecule has 0 bridgehead atoms. The Morgan fingerprint density at radius 1 is 0.840 bits per heavy atom. The van der Waals surface area contributed by atoms with Crippen molar-refractivity contribution in [3.8, 4) is 5.75 Å². The largest absolute Gasteiger partial charge is 0.488 e. The van der Waals surface area contributed by atoms with Gasteiger partial charge in [0.15, 0.2) is 0 Å². The van der Waals surface area contributed by atoms with Crippen LogP contribution >= 0.6 is 11.6 Å². The Kier molecular flexibility index (Phi) is 7.20. The topological polar surface area (TPSA) is 25.8 Å². The third kappa shape index (κ3) is 5.76. The average molecular weight is 359 g/mol. The fourth-order valence-corrected chi connectivity index (χ4v) is 3.79. The lowest BCUT2D eigenvalue weighted by Gasteiger charge is -2.19. The molecule has 0 aliphatic heterocycles. The minimum atomic E-state index is 0.514. The van der Waals surface area contributed by atoms with E-state index in [2.05, 4.69) is 23.5 Å². The normalized spacial score (nSPS) is 16.2. The van der Waals surface area contributed by atoms with Crippen LogP contribution in [0.25, 0.3) is 0 Å². The zero-order valence-corrected chi connectivity index (χ0v) is 15.7. The van der Waals surface area contributed by atoms with E-state index in [1.54, 1.807) is 0 Å². The van der Waals surface area contributed by atoms with Crippen LogP contribution in [0, 0.1) is 0 Å². The number of hydrogen-bond acceptors (Lipinski definition) is 1. The molecule has 1 aliphatic rings. The summed E-state index contributed by atoms with van der Waals surface area (Å²) >= 11 is 6.24. The summed E-state index contributed by atoms with van der Waals surface area (Å²) in [5, 5.41) is 3.28. The molecule has 0 atom stereocenters. The van der Waals surface area contributed by atoms with Gasteiger partial charge >= 0.3 is 0 Å². The molecule has 134 valence electrons. The molecule has 2 N–H and O–H groups in total. The summed E-state index contributed by atoms with van der Waals surface area (Å²) in [5.74, 6) is 0.976. The molecule has 1 fully saturated rings.